The largest absolute Gasteiger partial charge is 0.494 e. The van der Waals surface area contributed by atoms with Crippen LogP contribution < -0.4 is 5.32 Å². The average molecular weight is 494 g/mol. The average Bonchev–Trinajstić information content (AvgIpc) is 3.12. The first kappa shape index (κ1) is 25.0. The Balaban J connectivity index is 0.00000306. The second-order valence-electron chi connectivity index (χ2n) is 7.95. The van der Waals surface area contributed by atoms with Crippen LogP contribution in [0.25, 0.3) is 22.2 Å². The fourth-order valence-corrected chi connectivity index (χ4v) is 5.15. The van der Waals surface area contributed by atoms with E-state index in [1.54, 1.807) is 24.3 Å². The first-order valence-electron chi connectivity index (χ1n) is 10.6. The summed E-state index contributed by atoms with van der Waals surface area (Å²) < 4.78 is 27.4. The van der Waals surface area contributed by atoms with Crippen molar-refractivity contribution in [1.82, 2.24) is 24.5 Å². The van der Waals surface area contributed by atoms with Gasteiger partial charge in [-0.15, -0.1) is 12.4 Å². The molecule has 3 heterocycles. The SMILES string of the molecule is CCCNC(=O)c1ccc2[nH]c(O)c(-c3ccc(S(=O)(=O)N4CCN(C)CC4)cn3)c2c1.Cl. The van der Waals surface area contributed by atoms with E-state index in [1.807, 2.05) is 14.0 Å². The smallest absolute Gasteiger partial charge is 0.251 e. The number of H-pyrrole nitrogens is 1. The zero-order valence-corrected chi connectivity index (χ0v) is 20.2. The molecule has 1 amide bonds. The predicted molar refractivity (Wildman–Crippen MR) is 129 cm³/mol. The summed E-state index contributed by atoms with van der Waals surface area (Å²) in [6.45, 7) is 4.79. The highest BCUT2D eigenvalue weighted by atomic mass is 35.5. The van der Waals surface area contributed by atoms with E-state index in [-0.39, 0.29) is 29.1 Å². The molecular formula is C22H28ClN5O4S. The van der Waals surface area contributed by atoms with Gasteiger partial charge in [-0.1, -0.05) is 6.92 Å². The number of hydrogen-bond acceptors (Lipinski definition) is 6. The van der Waals surface area contributed by atoms with Gasteiger partial charge in [0.2, 0.25) is 10.0 Å². The molecule has 0 unspecified atom stereocenters. The highest BCUT2D eigenvalue weighted by molar-refractivity contribution is 7.89. The fraction of sp³-hybridized carbons (Fsp3) is 0.364. The van der Waals surface area contributed by atoms with Crippen LogP contribution >= 0.6 is 12.4 Å². The molecule has 3 aromatic rings. The van der Waals surface area contributed by atoms with Crippen LogP contribution in [0.15, 0.2) is 41.4 Å². The molecule has 0 aliphatic carbocycles. The molecule has 178 valence electrons. The first-order chi connectivity index (χ1) is 15.3. The lowest BCUT2D eigenvalue weighted by atomic mass is 10.1. The van der Waals surface area contributed by atoms with Crippen molar-refractivity contribution in [1.29, 1.82) is 0 Å². The number of nitrogens with one attached hydrogen (secondary N) is 2. The van der Waals surface area contributed by atoms with Gasteiger partial charge in [0, 0.05) is 55.4 Å². The minimum Gasteiger partial charge on any atom is -0.494 e. The number of aromatic amines is 1. The Bertz CT molecular complexity index is 1240. The number of nitrogens with zero attached hydrogens (tertiary/aromatic N) is 3. The number of amides is 1. The van der Waals surface area contributed by atoms with Crippen LogP contribution in [-0.2, 0) is 10.0 Å². The van der Waals surface area contributed by atoms with E-state index in [0.29, 0.717) is 60.4 Å². The molecule has 1 fully saturated rings. The molecular weight excluding hydrogens is 466 g/mol. The van der Waals surface area contributed by atoms with Gasteiger partial charge in [-0.3, -0.25) is 9.78 Å². The summed E-state index contributed by atoms with van der Waals surface area (Å²) in [7, 11) is -1.66. The Morgan fingerprint density at radius 2 is 1.91 bits per heavy atom. The quantitative estimate of drug-likeness (QED) is 0.485. The van der Waals surface area contributed by atoms with Crippen LogP contribution in [0.2, 0.25) is 0 Å². The maximum absolute atomic E-state index is 12.9. The third-order valence-electron chi connectivity index (χ3n) is 5.67. The van der Waals surface area contributed by atoms with Crippen molar-refractivity contribution >= 4 is 39.2 Å². The van der Waals surface area contributed by atoms with Crippen LogP contribution in [0.5, 0.6) is 5.88 Å². The molecule has 3 N–H and O–H groups in total. The number of hydrogen-bond donors (Lipinski definition) is 3. The molecule has 0 atom stereocenters. The number of benzene rings is 1. The Morgan fingerprint density at radius 1 is 1.18 bits per heavy atom. The maximum atomic E-state index is 12.9. The van der Waals surface area contributed by atoms with Crippen molar-refractivity contribution < 1.29 is 18.3 Å². The summed E-state index contributed by atoms with van der Waals surface area (Å²) in [5.41, 5.74) is 1.96. The number of likely N-dealkylation sites (N-methyl/N-ethyl adjacent to an activating group) is 1. The van der Waals surface area contributed by atoms with E-state index in [1.165, 1.54) is 16.6 Å². The summed E-state index contributed by atoms with van der Waals surface area (Å²) in [5, 5.41) is 14.0. The first-order valence-corrected chi connectivity index (χ1v) is 12.0. The molecule has 0 saturated carbocycles. The van der Waals surface area contributed by atoms with Crippen molar-refractivity contribution in [2.24, 2.45) is 0 Å². The van der Waals surface area contributed by atoms with E-state index < -0.39 is 10.0 Å². The van der Waals surface area contributed by atoms with E-state index in [4.69, 9.17) is 0 Å². The van der Waals surface area contributed by atoms with E-state index in [9.17, 15) is 18.3 Å². The van der Waals surface area contributed by atoms with Crippen molar-refractivity contribution in [2.45, 2.75) is 18.2 Å². The summed E-state index contributed by atoms with van der Waals surface area (Å²) in [4.78, 5) is 21.8. The number of sulfonamides is 1. The molecule has 1 aliphatic rings. The van der Waals surface area contributed by atoms with Gasteiger partial charge in [0.15, 0.2) is 5.88 Å². The van der Waals surface area contributed by atoms with Crippen LogP contribution in [0.4, 0.5) is 0 Å². The molecule has 0 radical (unpaired) electrons. The molecule has 1 saturated heterocycles. The molecule has 0 bridgehead atoms. The normalized spacial score (nSPS) is 15.3. The number of halogens is 1. The second kappa shape index (κ2) is 10.1. The van der Waals surface area contributed by atoms with Gasteiger partial charge in [-0.2, -0.15) is 4.31 Å². The lowest BCUT2D eigenvalue weighted by Gasteiger charge is -2.31. The predicted octanol–water partition coefficient (Wildman–Crippen LogP) is 2.43. The minimum absolute atomic E-state index is 0. The number of aromatic nitrogens is 2. The molecule has 1 aliphatic heterocycles. The van der Waals surface area contributed by atoms with Crippen molar-refractivity contribution in [3.05, 3.63) is 42.1 Å². The molecule has 2 aromatic heterocycles. The van der Waals surface area contributed by atoms with Crippen molar-refractivity contribution in [3.63, 3.8) is 0 Å². The second-order valence-corrected chi connectivity index (χ2v) is 9.89. The standard InChI is InChI=1S/C22H27N5O4S.ClH/c1-3-8-23-21(28)15-4-6-18-17(13-15)20(22(29)25-18)19-7-5-16(14-24-19)32(30,31)27-11-9-26(2)10-12-27;/h4-7,13-14,25,29H,3,8-12H2,1-2H3,(H,23,28);1H. The van der Waals surface area contributed by atoms with Gasteiger partial charge in [-0.05, 0) is 43.8 Å². The number of pyridine rings is 1. The number of carbonyl (C=O) groups is 1. The number of aromatic hydroxyl groups is 1. The number of carbonyl (C=O) groups excluding carboxylic acids is 1. The van der Waals surface area contributed by atoms with Crippen molar-refractivity contribution in [3.8, 4) is 17.1 Å². The molecule has 9 nitrogen and oxygen atoms in total. The van der Waals surface area contributed by atoms with Crippen LogP contribution in [0, 0.1) is 0 Å². The maximum Gasteiger partial charge on any atom is 0.251 e. The van der Waals surface area contributed by atoms with E-state index in [2.05, 4.69) is 20.2 Å². The molecule has 1 aromatic carbocycles. The monoisotopic (exact) mass is 493 g/mol. The summed E-state index contributed by atoms with van der Waals surface area (Å²) in [5.74, 6) is -0.282. The van der Waals surface area contributed by atoms with Gasteiger partial charge in [0.05, 0.1) is 11.3 Å². The Kier molecular flexibility index (Phi) is 7.63. The number of rotatable bonds is 6. The molecule has 4 rings (SSSR count). The number of fused-ring (bicyclic) bond motifs is 1. The van der Waals surface area contributed by atoms with Gasteiger partial charge < -0.3 is 20.3 Å². The zero-order valence-electron chi connectivity index (χ0n) is 18.5. The molecule has 11 heteroatoms. The van der Waals surface area contributed by atoms with Crippen molar-refractivity contribution in [2.75, 3.05) is 39.8 Å². The molecule has 0 spiro atoms. The van der Waals surface area contributed by atoms with Gasteiger partial charge in [0.1, 0.15) is 4.90 Å². The minimum atomic E-state index is -3.63. The molecule has 33 heavy (non-hydrogen) atoms. The van der Waals surface area contributed by atoms with Crippen LogP contribution in [0.3, 0.4) is 0 Å². The summed E-state index contributed by atoms with van der Waals surface area (Å²) >= 11 is 0. The lowest BCUT2D eigenvalue weighted by Crippen LogP contribution is -2.47. The third-order valence-corrected chi connectivity index (χ3v) is 7.55. The topological polar surface area (TPSA) is 119 Å². The van der Waals surface area contributed by atoms with Gasteiger partial charge in [0.25, 0.3) is 5.91 Å². The Labute approximate surface area is 199 Å². The van der Waals surface area contributed by atoms with Gasteiger partial charge in [-0.25, -0.2) is 8.42 Å². The van der Waals surface area contributed by atoms with Gasteiger partial charge >= 0.3 is 0 Å². The third kappa shape index (κ3) is 4.98. The lowest BCUT2D eigenvalue weighted by molar-refractivity contribution is 0.0954. The number of piperazine rings is 1. The zero-order chi connectivity index (χ0) is 22.9. The highest BCUT2D eigenvalue weighted by Crippen LogP contribution is 2.36. The van der Waals surface area contributed by atoms with Crippen LogP contribution in [0.1, 0.15) is 23.7 Å². The van der Waals surface area contributed by atoms with Crippen LogP contribution in [-0.4, -0.2) is 78.4 Å². The fourth-order valence-electron chi connectivity index (χ4n) is 3.78. The summed E-state index contributed by atoms with van der Waals surface area (Å²) in [6.07, 6.45) is 2.15. The Morgan fingerprint density at radius 3 is 2.55 bits per heavy atom. The summed E-state index contributed by atoms with van der Waals surface area (Å²) in [6, 6.07) is 8.20. The Hall–Kier alpha value is -2.66. The van der Waals surface area contributed by atoms with E-state index >= 15 is 0 Å². The van der Waals surface area contributed by atoms with E-state index in [0.717, 1.165) is 6.42 Å². The highest BCUT2D eigenvalue weighted by Gasteiger charge is 2.28.